The Kier molecular flexibility index (Phi) is 7.86. The summed E-state index contributed by atoms with van der Waals surface area (Å²) in [5.74, 6) is -0.425. The Morgan fingerprint density at radius 2 is 1.78 bits per heavy atom. The van der Waals surface area contributed by atoms with Crippen molar-refractivity contribution in [1.29, 1.82) is 0 Å². The zero-order valence-corrected chi connectivity index (χ0v) is 18.4. The van der Waals surface area contributed by atoms with Crippen LogP contribution < -0.4 is 16.0 Å². The smallest absolute Gasteiger partial charge is 0.252 e. The topological polar surface area (TPSA) is 53.2 Å². The highest BCUT2D eigenvalue weighted by Crippen LogP contribution is 2.30. The summed E-state index contributed by atoms with van der Waals surface area (Å²) in [6.45, 7) is 1.87. The Hall–Kier alpha value is -0.950. The number of nitrogens with one attached hydrogen (secondary N) is 3. The van der Waals surface area contributed by atoms with Crippen LogP contribution in [0.4, 0.5) is 5.69 Å². The molecular weight excluding hydrogens is 472 g/mol. The molecule has 4 nitrogen and oxygen atoms in total. The van der Waals surface area contributed by atoms with E-state index in [0.29, 0.717) is 21.3 Å². The third kappa shape index (κ3) is 6.86. The number of carbonyl (C=O) groups excluding carboxylic acids is 1. The van der Waals surface area contributed by atoms with Gasteiger partial charge in [-0.15, -0.1) is 0 Å². The van der Waals surface area contributed by atoms with E-state index in [1.165, 1.54) is 0 Å². The van der Waals surface area contributed by atoms with Gasteiger partial charge in [0.15, 0.2) is 5.11 Å². The first-order valence-corrected chi connectivity index (χ1v) is 9.83. The van der Waals surface area contributed by atoms with Crippen LogP contribution in [0.3, 0.4) is 0 Å². The van der Waals surface area contributed by atoms with Crippen LogP contribution in [0.1, 0.15) is 15.9 Å². The lowest BCUT2D eigenvalue weighted by Crippen LogP contribution is -2.56. The number of anilines is 1. The molecule has 0 aliphatic carbocycles. The minimum Gasteiger partial charge on any atom is -0.339 e. The van der Waals surface area contributed by atoms with Crippen LogP contribution in [0, 0.1) is 6.92 Å². The van der Waals surface area contributed by atoms with Crippen LogP contribution in [0.5, 0.6) is 0 Å². The molecule has 144 valence electrons. The van der Waals surface area contributed by atoms with Gasteiger partial charge in [0, 0.05) is 10.6 Å². The second-order valence-corrected chi connectivity index (χ2v) is 9.16. The van der Waals surface area contributed by atoms with Crippen molar-refractivity contribution in [2.24, 2.45) is 0 Å². The Balaban J connectivity index is 2.11. The molecule has 1 amide bonds. The van der Waals surface area contributed by atoms with Crippen molar-refractivity contribution in [2.75, 3.05) is 5.32 Å². The SMILES string of the molecule is Cc1cccc(C(=O)N[C@@H](NC(=S)Nc2cc(Cl)ccc2Cl)C(Cl)(Cl)Cl)c1. The zero-order valence-electron chi connectivity index (χ0n) is 13.8. The summed E-state index contributed by atoms with van der Waals surface area (Å²) in [6, 6.07) is 11.8. The van der Waals surface area contributed by atoms with Gasteiger partial charge in [-0.3, -0.25) is 4.79 Å². The number of rotatable bonds is 4. The molecule has 27 heavy (non-hydrogen) atoms. The number of hydrogen-bond acceptors (Lipinski definition) is 2. The molecule has 0 bridgehead atoms. The molecule has 0 saturated heterocycles. The van der Waals surface area contributed by atoms with Crippen molar-refractivity contribution >= 4 is 86.9 Å². The summed E-state index contributed by atoms with van der Waals surface area (Å²) in [7, 11) is 0. The number of hydrogen-bond donors (Lipinski definition) is 3. The molecule has 0 aromatic heterocycles. The van der Waals surface area contributed by atoms with E-state index in [2.05, 4.69) is 16.0 Å². The third-order valence-electron chi connectivity index (χ3n) is 3.34. The van der Waals surface area contributed by atoms with Gasteiger partial charge in [-0.05, 0) is 49.5 Å². The van der Waals surface area contributed by atoms with Crippen LogP contribution in [0.25, 0.3) is 0 Å². The zero-order chi connectivity index (χ0) is 20.2. The fourth-order valence-electron chi connectivity index (χ4n) is 2.08. The molecule has 2 aromatic rings. The van der Waals surface area contributed by atoms with Crippen LogP contribution >= 0.6 is 70.2 Å². The summed E-state index contributed by atoms with van der Waals surface area (Å²) in [4.78, 5) is 12.5. The second kappa shape index (κ2) is 9.50. The maximum absolute atomic E-state index is 12.5. The quantitative estimate of drug-likeness (QED) is 0.295. The first-order valence-electron chi connectivity index (χ1n) is 7.53. The summed E-state index contributed by atoms with van der Waals surface area (Å²) >= 11 is 35.2. The van der Waals surface area contributed by atoms with Crippen molar-refractivity contribution in [3.8, 4) is 0 Å². The Labute approximate surface area is 187 Å². The summed E-state index contributed by atoms with van der Waals surface area (Å²) < 4.78 is -1.87. The van der Waals surface area contributed by atoms with Crippen LogP contribution in [-0.4, -0.2) is 21.0 Å². The van der Waals surface area contributed by atoms with Crippen LogP contribution in [0.2, 0.25) is 10.0 Å². The van der Waals surface area contributed by atoms with Gasteiger partial charge in [-0.2, -0.15) is 0 Å². The number of alkyl halides is 3. The lowest BCUT2D eigenvalue weighted by Gasteiger charge is -2.28. The van der Waals surface area contributed by atoms with E-state index in [1.54, 1.807) is 36.4 Å². The first-order chi connectivity index (χ1) is 12.6. The minimum atomic E-state index is -1.87. The van der Waals surface area contributed by atoms with Gasteiger partial charge in [-0.1, -0.05) is 75.7 Å². The number of thiocarbonyl (C=S) groups is 1. The molecular formula is C17H14Cl5N3OS. The van der Waals surface area contributed by atoms with E-state index in [1.807, 2.05) is 13.0 Å². The Morgan fingerprint density at radius 1 is 1.07 bits per heavy atom. The van der Waals surface area contributed by atoms with Crippen molar-refractivity contribution in [1.82, 2.24) is 10.6 Å². The molecule has 0 aliphatic rings. The molecule has 0 aliphatic heterocycles. The largest absolute Gasteiger partial charge is 0.339 e. The number of aryl methyl sites for hydroxylation is 1. The molecule has 2 aromatic carbocycles. The molecule has 0 heterocycles. The highest BCUT2D eigenvalue weighted by Gasteiger charge is 2.35. The Bertz CT molecular complexity index is 857. The number of benzene rings is 2. The van der Waals surface area contributed by atoms with Gasteiger partial charge in [0.05, 0.1) is 10.7 Å². The highest BCUT2D eigenvalue weighted by atomic mass is 35.6. The van der Waals surface area contributed by atoms with E-state index in [0.717, 1.165) is 5.56 Å². The fraction of sp³-hybridized carbons (Fsp3) is 0.176. The Morgan fingerprint density at radius 3 is 2.41 bits per heavy atom. The van der Waals surface area contributed by atoms with Crippen LogP contribution in [0.15, 0.2) is 42.5 Å². The van der Waals surface area contributed by atoms with Gasteiger partial charge < -0.3 is 16.0 Å². The maximum Gasteiger partial charge on any atom is 0.252 e. The van der Waals surface area contributed by atoms with Crippen molar-refractivity contribution < 1.29 is 4.79 Å². The van der Waals surface area contributed by atoms with Gasteiger partial charge in [0.2, 0.25) is 3.79 Å². The van der Waals surface area contributed by atoms with Gasteiger partial charge in [-0.25, -0.2) is 0 Å². The van der Waals surface area contributed by atoms with E-state index in [-0.39, 0.29) is 5.11 Å². The standard InChI is InChI=1S/C17H14Cl5N3OS/c1-9-3-2-4-10(7-9)14(26)24-15(17(20,21)22)25-16(27)23-13-8-11(18)5-6-12(13)19/h2-8,15H,1H3,(H,24,26)(H2,23,25,27)/t15-/m0/s1. The lowest BCUT2D eigenvalue weighted by atomic mass is 10.1. The molecule has 0 unspecified atom stereocenters. The highest BCUT2D eigenvalue weighted by molar-refractivity contribution is 7.80. The van der Waals surface area contributed by atoms with Crippen LogP contribution in [-0.2, 0) is 0 Å². The average Bonchev–Trinajstić information content (AvgIpc) is 2.56. The number of halogens is 5. The fourth-order valence-corrected chi connectivity index (χ4v) is 2.98. The van der Waals surface area contributed by atoms with Gasteiger partial charge >= 0.3 is 0 Å². The summed E-state index contributed by atoms with van der Waals surface area (Å²) in [5, 5.41) is 9.17. The van der Waals surface area contributed by atoms with Crippen molar-refractivity contribution in [3.63, 3.8) is 0 Å². The van der Waals surface area contributed by atoms with Gasteiger partial charge in [0.25, 0.3) is 5.91 Å². The normalized spacial score (nSPS) is 12.2. The molecule has 0 spiro atoms. The molecule has 0 radical (unpaired) electrons. The van der Waals surface area contributed by atoms with E-state index >= 15 is 0 Å². The monoisotopic (exact) mass is 483 g/mol. The van der Waals surface area contributed by atoms with E-state index in [9.17, 15) is 4.79 Å². The van der Waals surface area contributed by atoms with Crippen molar-refractivity contribution in [3.05, 3.63) is 63.6 Å². The minimum absolute atomic E-state index is 0.0834. The first kappa shape index (κ1) is 22.3. The third-order valence-corrected chi connectivity index (χ3v) is 4.77. The lowest BCUT2D eigenvalue weighted by molar-refractivity contribution is 0.0934. The molecule has 0 saturated carbocycles. The molecule has 3 N–H and O–H groups in total. The summed E-state index contributed by atoms with van der Waals surface area (Å²) in [5.41, 5.74) is 1.82. The predicted octanol–water partition coefficient (Wildman–Crippen LogP) is 5.71. The molecule has 10 heteroatoms. The van der Waals surface area contributed by atoms with Gasteiger partial charge in [0.1, 0.15) is 6.17 Å². The average molecular weight is 486 g/mol. The second-order valence-electron chi connectivity index (χ2n) is 5.54. The number of amides is 1. The maximum atomic E-state index is 12.5. The number of carbonyl (C=O) groups is 1. The van der Waals surface area contributed by atoms with E-state index in [4.69, 9.17) is 70.2 Å². The summed E-state index contributed by atoms with van der Waals surface area (Å²) in [6.07, 6.45) is -1.10. The predicted molar refractivity (Wildman–Crippen MR) is 119 cm³/mol. The molecule has 1 atom stereocenters. The van der Waals surface area contributed by atoms with E-state index < -0.39 is 15.9 Å². The van der Waals surface area contributed by atoms with Crippen molar-refractivity contribution in [2.45, 2.75) is 16.9 Å². The molecule has 0 fully saturated rings. The molecule has 2 rings (SSSR count).